The second kappa shape index (κ2) is 11.9. The molecule has 0 saturated heterocycles. The van der Waals surface area contributed by atoms with Crippen LogP contribution in [-0.4, -0.2) is 34.6 Å². The lowest BCUT2D eigenvalue weighted by Gasteiger charge is -2.18. The number of aliphatic carboxylic acids is 1. The van der Waals surface area contributed by atoms with Gasteiger partial charge in [-0.2, -0.15) is 13.2 Å². The van der Waals surface area contributed by atoms with E-state index in [1.807, 2.05) is 0 Å². The molecule has 204 valence electrons. The number of benzene rings is 2. The molecule has 3 N–H and O–H groups in total. The van der Waals surface area contributed by atoms with E-state index in [0.29, 0.717) is 41.1 Å². The summed E-state index contributed by atoms with van der Waals surface area (Å²) < 4.78 is 46.9. The third-order valence-corrected chi connectivity index (χ3v) is 6.25. The Morgan fingerprint density at radius 1 is 1.18 bits per heavy atom. The summed E-state index contributed by atoms with van der Waals surface area (Å²) in [5.41, 5.74) is 0.601. The maximum Gasteiger partial charge on any atom is 0.417 e. The van der Waals surface area contributed by atoms with E-state index >= 15 is 0 Å². The Labute approximate surface area is 220 Å². The fourth-order valence-corrected chi connectivity index (χ4v) is 3.85. The average Bonchev–Trinajstić information content (AvgIpc) is 3.64. The monoisotopic (exact) mass is 530 g/mol. The number of carboxylic acids is 1. The van der Waals surface area contributed by atoms with E-state index in [4.69, 9.17) is 9.84 Å². The largest absolute Gasteiger partial charge is 0.493 e. The van der Waals surface area contributed by atoms with Gasteiger partial charge in [-0.3, -0.25) is 9.79 Å². The molecule has 38 heavy (non-hydrogen) atoms. The number of ether oxygens (including phenoxy) is 1. The zero-order valence-corrected chi connectivity index (χ0v) is 21.7. The molecule has 0 radical (unpaired) electrons. The highest BCUT2D eigenvalue weighted by molar-refractivity contribution is 5.79. The fourth-order valence-electron chi connectivity index (χ4n) is 3.85. The number of rotatable bonds is 12. The van der Waals surface area contributed by atoms with Gasteiger partial charge in [0.05, 0.1) is 23.7 Å². The Bertz CT molecular complexity index is 1210. The Kier molecular flexibility index (Phi) is 9.04. The van der Waals surface area contributed by atoms with Gasteiger partial charge in [0.25, 0.3) is 0 Å². The normalized spacial score (nSPS) is 17.9. The quantitative estimate of drug-likeness (QED) is 0.284. The standard InChI is InChI=1S/C29H33F3N2O4/c1-5-21(17-33-18(2)23-15-25(23)27(35)36)34-16-19-6-11-26(29(30,31)32)24(14-19)20-7-9-22(10-8-20)38-13-12-28(3,4)37/h5-11,14,17,23,25,34,37H,2,12-13,15-16H2,1,3-4H3,(H,35,36)/b21-5+,33-17-/t23-,25?/m1/s1. The van der Waals surface area contributed by atoms with E-state index < -0.39 is 29.2 Å². The minimum atomic E-state index is -4.53. The first-order valence-corrected chi connectivity index (χ1v) is 12.3. The Balaban J connectivity index is 1.71. The summed E-state index contributed by atoms with van der Waals surface area (Å²) in [6.07, 6.45) is -0.284. The number of aliphatic imine (C=N–C) groups is 1. The number of nitrogens with one attached hydrogen (secondary N) is 1. The van der Waals surface area contributed by atoms with E-state index in [1.54, 1.807) is 57.3 Å². The van der Waals surface area contributed by atoms with Crippen LogP contribution in [0.1, 0.15) is 44.7 Å². The lowest BCUT2D eigenvalue weighted by molar-refractivity contribution is -0.139. The van der Waals surface area contributed by atoms with E-state index in [-0.39, 0.29) is 24.6 Å². The molecule has 0 bridgehead atoms. The minimum Gasteiger partial charge on any atom is -0.493 e. The minimum absolute atomic E-state index is 0.0531. The molecule has 3 rings (SSSR count). The molecule has 6 nitrogen and oxygen atoms in total. The van der Waals surface area contributed by atoms with Gasteiger partial charge in [-0.25, -0.2) is 0 Å². The molecule has 2 aromatic rings. The first-order chi connectivity index (χ1) is 17.8. The Hall–Kier alpha value is -3.59. The van der Waals surface area contributed by atoms with Gasteiger partial charge >= 0.3 is 12.1 Å². The molecule has 0 heterocycles. The molecule has 1 aliphatic rings. The van der Waals surface area contributed by atoms with E-state index in [9.17, 15) is 23.1 Å². The van der Waals surface area contributed by atoms with Crippen molar-refractivity contribution < 1.29 is 32.9 Å². The molecule has 0 amide bonds. The Morgan fingerprint density at radius 2 is 1.87 bits per heavy atom. The van der Waals surface area contributed by atoms with Crippen molar-refractivity contribution >= 4 is 12.2 Å². The van der Waals surface area contributed by atoms with Crippen molar-refractivity contribution in [3.05, 3.63) is 77.6 Å². The van der Waals surface area contributed by atoms with Gasteiger partial charge in [0, 0.05) is 36.5 Å². The van der Waals surface area contributed by atoms with Crippen LogP contribution >= 0.6 is 0 Å². The van der Waals surface area contributed by atoms with Crippen LogP contribution in [0.15, 0.2) is 71.5 Å². The highest BCUT2D eigenvalue weighted by atomic mass is 19.4. The van der Waals surface area contributed by atoms with E-state index in [0.717, 1.165) is 6.07 Å². The highest BCUT2D eigenvalue weighted by Gasteiger charge is 2.45. The van der Waals surface area contributed by atoms with Crippen molar-refractivity contribution in [1.82, 2.24) is 5.32 Å². The third kappa shape index (κ3) is 8.21. The average molecular weight is 531 g/mol. The van der Waals surface area contributed by atoms with Crippen LogP contribution in [0.3, 0.4) is 0 Å². The molecule has 0 aliphatic heterocycles. The van der Waals surface area contributed by atoms with Gasteiger partial charge in [-0.05, 0) is 68.1 Å². The van der Waals surface area contributed by atoms with Gasteiger partial charge in [0.1, 0.15) is 5.75 Å². The van der Waals surface area contributed by atoms with Gasteiger partial charge in [-0.1, -0.05) is 30.9 Å². The lowest BCUT2D eigenvalue weighted by atomic mass is 9.96. The van der Waals surface area contributed by atoms with Gasteiger partial charge in [-0.15, -0.1) is 0 Å². The molecule has 1 fully saturated rings. The van der Waals surface area contributed by atoms with Crippen molar-refractivity contribution in [2.45, 2.75) is 51.9 Å². The van der Waals surface area contributed by atoms with Crippen molar-refractivity contribution in [1.29, 1.82) is 0 Å². The van der Waals surface area contributed by atoms with Crippen molar-refractivity contribution in [3.8, 4) is 16.9 Å². The first-order valence-electron chi connectivity index (χ1n) is 12.3. The fraction of sp³-hybridized carbons (Fsp3) is 0.379. The SMILES string of the molecule is C=C(/N=C\C(=C/C)NCc1ccc(C(F)(F)F)c(-c2ccc(OCCC(C)(C)O)cc2)c1)[C@H]1CC1C(=O)O. The summed E-state index contributed by atoms with van der Waals surface area (Å²) in [6, 6.07) is 10.4. The summed E-state index contributed by atoms with van der Waals surface area (Å²) in [7, 11) is 0. The number of carboxylic acid groups (broad SMARTS) is 1. The van der Waals surface area contributed by atoms with Crippen LogP contribution in [0.5, 0.6) is 5.75 Å². The van der Waals surface area contributed by atoms with Crippen molar-refractivity contribution in [2.75, 3.05) is 6.61 Å². The first kappa shape index (κ1) is 29.0. The second-order valence-corrected chi connectivity index (χ2v) is 9.95. The van der Waals surface area contributed by atoms with Crippen LogP contribution in [0.25, 0.3) is 11.1 Å². The molecule has 0 aromatic heterocycles. The lowest BCUT2D eigenvalue weighted by Crippen LogP contribution is -2.21. The van der Waals surface area contributed by atoms with Gasteiger partial charge in [0.15, 0.2) is 0 Å². The maximum absolute atomic E-state index is 13.8. The maximum atomic E-state index is 13.8. The Morgan fingerprint density at radius 3 is 2.42 bits per heavy atom. The number of alkyl halides is 3. The van der Waals surface area contributed by atoms with Crippen LogP contribution < -0.4 is 10.1 Å². The third-order valence-electron chi connectivity index (χ3n) is 6.25. The zero-order chi connectivity index (χ0) is 28.1. The molecular weight excluding hydrogens is 497 g/mol. The number of carbonyl (C=O) groups is 1. The molecule has 2 aromatic carbocycles. The smallest absolute Gasteiger partial charge is 0.417 e. The summed E-state index contributed by atoms with van der Waals surface area (Å²) in [5, 5.41) is 22.0. The summed E-state index contributed by atoms with van der Waals surface area (Å²) in [5.74, 6) is -0.969. The van der Waals surface area contributed by atoms with Crippen molar-refractivity contribution in [3.63, 3.8) is 0 Å². The molecule has 9 heteroatoms. The summed E-state index contributed by atoms with van der Waals surface area (Å²) in [4.78, 5) is 15.3. The molecule has 2 atom stereocenters. The summed E-state index contributed by atoms with van der Waals surface area (Å²) >= 11 is 0. The van der Waals surface area contributed by atoms with Crippen LogP contribution in [0.2, 0.25) is 0 Å². The van der Waals surface area contributed by atoms with Crippen LogP contribution in [0.4, 0.5) is 13.2 Å². The number of halogens is 3. The van der Waals surface area contributed by atoms with Gasteiger partial charge < -0.3 is 20.3 Å². The van der Waals surface area contributed by atoms with E-state index in [1.165, 1.54) is 12.1 Å². The summed E-state index contributed by atoms with van der Waals surface area (Å²) in [6.45, 7) is 9.51. The molecule has 1 saturated carbocycles. The number of aliphatic hydroxyl groups is 1. The zero-order valence-electron chi connectivity index (χ0n) is 21.7. The topological polar surface area (TPSA) is 91.2 Å². The predicted molar refractivity (Wildman–Crippen MR) is 141 cm³/mol. The number of hydrogen-bond acceptors (Lipinski definition) is 5. The van der Waals surface area contributed by atoms with Crippen molar-refractivity contribution in [2.24, 2.45) is 16.8 Å². The number of allylic oxidation sites excluding steroid dienone is 3. The van der Waals surface area contributed by atoms with Crippen LogP contribution in [-0.2, 0) is 17.5 Å². The molecule has 0 spiro atoms. The second-order valence-electron chi connectivity index (χ2n) is 9.95. The molecule has 1 aliphatic carbocycles. The van der Waals surface area contributed by atoms with Gasteiger partial charge in [0.2, 0.25) is 0 Å². The van der Waals surface area contributed by atoms with Crippen LogP contribution in [0, 0.1) is 11.8 Å². The molecule has 1 unspecified atom stereocenters. The van der Waals surface area contributed by atoms with E-state index in [2.05, 4.69) is 16.9 Å². The number of nitrogens with zero attached hydrogens (tertiary/aromatic N) is 1. The highest BCUT2D eigenvalue weighted by Crippen LogP contribution is 2.44. The number of hydrogen-bond donors (Lipinski definition) is 3. The predicted octanol–water partition coefficient (Wildman–Crippen LogP) is 6.21. The molecular formula is C29H33F3N2O4.